The summed E-state index contributed by atoms with van der Waals surface area (Å²) in [6.45, 7) is 2.97. The summed E-state index contributed by atoms with van der Waals surface area (Å²) < 4.78 is 38.1. The Balaban J connectivity index is 2.76. The molecule has 0 aromatic carbocycles. The van der Waals surface area contributed by atoms with Gasteiger partial charge in [0, 0.05) is 33.1 Å². The third kappa shape index (κ3) is 3.37. The molecule has 1 heterocycles. The summed E-state index contributed by atoms with van der Waals surface area (Å²) in [5, 5.41) is 0. The SMILES string of the molecule is CC(=O)N1CCCN(C(=O)C(C)(N)C(F)(F)F)CC1. The molecule has 1 aliphatic rings. The van der Waals surface area contributed by atoms with E-state index in [2.05, 4.69) is 0 Å². The van der Waals surface area contributed by atoms with Crippen LogP contribution in [0.1, 0.15) is 20.3 Å². The van der Waals surface area contributed by atoms with Crippen molar-refractivity contribution in [3.05, 3.63) is 0 Å². The number of amides is 2. The molecule has 5 nitrogen and oxygen atoms in total. The Morgan fingerprint density at radius 3 is 2.00 bits per heavy atom. The monoisotopic (exact) mass is 281 g/mol. The van der Waals surface area contributed by atoms with Crippen LogP contribution in [0.4, 0.5) is 13.2 Å². The molecule has 0 radical (unpaired) electrons. The number of hydrogen-bond donors (Lipinski definition) is 1. The summed E-state index contributed by atoms with van der Waals surface area (Å²) in [5.74, 6) is -1.30. The van der Waals surface area contributed by atoms with E-state index < -0.39 is 17.6 Å². The van der Waals surface area contributed by atoms with Crippen molar-refractivity contribution in [3.63, 3.8) is 0 Å². The highest BCUT2D eigenvalue weighted by Gasteiger charge is 2.55. The minimum atomic E-state index is -4.79. The van der Waals surface area contributed by atoms with E-state index >= 15 is 0 Å². The maximum absolute atomic E-state index is 12.7. The summed E-state index contributed by atoms with van der Waals surface area (Å²) in [7, 11) is 0. The van der Waals surface area contributed by atoms with Crippen LogP contribution in [0, 0.1) is 0 Å². The molecule has 1 unspecified atom stereocenters. The third-order valence-corrected chi connectivity index (χ3v) is 3.26. The second-order valence-corrected chi connectivity index (χ2v) is 4.85. The van der Waals surface area contributed by atoms with Gasteiger partial charge in [-0.05, 0) is 13.3 Å². The van der Waals surface area contributed by atoms with Crippen molar-refractivity contribution in [1.29, 1.82) is 0 Å². The van der Waals surface area contributed by atoms with Gasteiger partial charge in [0.1, 0.15) is 0 Å². The average Bonchev–Trinajstić information content (AvgIpc) is 2.51. The highest BCUT2D eigenvalue weighted by atomic mass is 19.4. The van der Waals surface area contributed by atoms with Crippen molar-refractivity contribution in [1.82, 2.24) is 9.80 Å². The molecule has 1 atom stereocenters. The predicted octanol–water partition coefficient (Wildman–Crippen LogP) is 0.347. The topological polar surface area (TPSA) is 66.6 Å². The zero-order valence-electron chi connectivity index (χ0n) is 11.0. The lowest BCUT2D eigenvalue weighted by Crippen LogP contribution is -2.62. The number of alkyl halides is 3. The lowest BCUT2D eigenvalue weighted by Gasteiger charge is -2.32. The Hall–Kier alpha value is -1.31. The van der Waals surface area contributed by atoms with E-state index in [1.165, 1.54) is 11.8 Å². The number of carbonyl (C=O) groups excluding carboxylic acids is 2. The number of hydrogen-bond acceptors (Lipinski definition) is 3. The zero-order valence-corrected chi connectivity index (χ0v) is 11.0. The van der Waals surface area contributed by atoms with Gasteiger partial charge in [-0.2, -0.15) is 13.2 Å². The van der Waals surface area contributed by atoms with Gasteiger partial charge in [-0.15, -0.1) is 0 Å². The van der Waals surface area contributed by atoms with Gasteiger partial charge in [0.15, 0.2) is 5.54 Å². The van der Waals surface area contributed by atoms with E-state index in [1.807, 2.05) is 0 Å². The van der Waals surface area contributed by atoms with Crippen molar-refractivity contribution in [2.75, 3.05) is 26.2 Å². The van der Waals surface area contributed by atoms with Crippen molar-refractivity contribution >= 4 is 11.8 Å². The van der Waals surface area contributed by atoms with Gasteiger partial charge in [0.25, 0.3) is 5.91 Å². The zero-order chi connectivity index (χ0) is 14.8. The van der Waals surface area contributed by atoms with Gasteiger partial charge in [0.05, 0.1) is 0 Å². The first-order valence-corrected chi connectivity index (χ1v) is 5.98. The Morgan fingerprint density at radius 1 is 1.05 bits per heavy atom. The van der Waals surface area contributed by atoms with E-state index in [4.69, 9.17) is 5.73 Å². The second-order valence-electron chi connectivity index (χ2n) is 4.85. The van der Waals surface area contributed by atoms with Crippen LogP contribution in [0.15, 0.2) is 0 Å². The lowest BCUT2D eigenvalue weighted by molar-refractivity contribution is -0.193. The van der Waals surface area contributed by atoms with Gasteiger partial charge in [-0.25, -0.2) is 0 Å². The molecule has 1 rings (SSSR count). The molecule has 19 heavy (non-hydrogen) atoms. The van der Waals surface area contributed by atoms with Crippen LogP contribution in [0.2, 0.25) is 0 Å². The normalized spacial score (nSPS) is 20.7. The number of carbonyl (C=O) groups is 2. The molecule has 0 saturated carbocycles. The maximum Gasteiger partial charge on any atom is 0.415 e. The molecular weight excluding hydrogens is 263 g/mol. The van der Waals surface area contributed by atoms with Crippen LogP contribution in [0.25, 0.3) is 0 Å². The second kappa shape index (κ2) is 5.36. The first-order chi connectivity index (χ1) is 8.57. The fourth-order valence-electron chi connectivity index (χ4n) is 1.89. The van der Waals surface area contributed by atoms with Crippen LogP contribution in [-0.4, -0.2) is 59.5 Å². The average molecular weight is 281 g/mol. The summed E-state index contributed by atoms with van der Waals surface area (Å²) >= 11 is 0. The van der Waals surface area contributed by atoms with Crippen molar-refractivity contribution in [2.24, 2.45) is 5.73 Å². The first kappa shape index (κ1) is 15.7. The van der Waals surface area contributed by atoms with E-state index in [0.29, 0.717) is 19.9 Å². The van der Waals surface area contributed by atoms with E-state index in [0.717, 1.165) is 4.90 Å². The summed E-state index contributed by atoms with van der Waals surface area (Å²) in [6.07, 6.45) is -4.35. The fourth-order valence-corrected chi connectivity index (χ4v) is 1.89. The molecule has 110 valence electrons. The molecule has 0 aromatic rings. The van der Waals surface area contributed by atoms with Gasteiger partial charge in [-0.1, -0.05) is 0 Å². The molecule has 2 amide bonds. The van der Waals surface area contributed by atoms with Crippen molar-refractivity contribution in [2.45, 2.75) is 32.0 Å². The molecule has 1 saturated heterocycles. The molecule has 8 heteroatoms. The van der Waals surface area contributed by atoms with Crippen molar-refractivity contribution < 1.29 is 22.8 Å². The molecule has 0 spiro atoms. The highest BCUT2D eigenvalue weighted by Crippen LogP contribution is 2.29. The fraction of sp³-hybridized carbons (Fsp3) is 0.818. The quantitative estimate of drug-likeness (QED) is 0.754. The van der Waals surface area contributed by atoms with Crippen LogP contribution < -0.4 is 5.73 Å². The molecule has 2 N–H and O–H groups in total. The molecule has 0 bridgehead atoms. The molecule has 1 fully saturated rings. The van der Waals surface area contributed by atoms with E-state index in [-0.39, 0.29) is 25.5 Å². The summed E-state index contributed by atoms with van der Waals surface area (Å²) in [4.78, 5) is 25.7. The smallest absolute Gasteiger partial charge is 0.341 e. The Labute approximate surface area is 109 Å². The standard InChI is InChI=1S/C11H18F3N3O2/c1-8(18)16-4-3-5-17(7-6-16)9(19)10(2,15)11(12,13)14/h3-7,15H2,1-2H3. The Kier molecular flexibility index (Phi) is 4.44. The molecule has 1 aliphatic heterocycles. The Bertz CT molecular complexity index is 369. The highest BCUT2D eigenvalue weighted by molar-refractivity contribution is 5.86. The minimum absolute atomic E-state index is 0.0707. The number of nitrogens with two attached hydrogens (primary N) is 1. The number of halogens is 3. The lowest BCUT2D eigenvalue weighted by atomic mass is 10.0. The molecule has 0 aliphatic carbocycles. The van der Waals surface area contributed by atoms with Crippen LogP contribution in [0.3, 0.4) is 0 Å². The van der Waals surface area contributed by atoms with Crippen molar-refractivity contribution in [3.8, 4) is 0 Å². The van der Waals surface area contributed by atoms with Crippen LogP contribution >= 0.6 is 0 Å². The number of nitrogens with zero attached hydrogens (tertiary/aromatic N) is 2. The molecule has 0 aromatic heterocycles. The van der Waals surface area contributed by atoms with E-state index in [1.54, 1.807) is 0 Å². The van der Waals surface area contributed by atoms with Gasteiger partial charge in [-0.3, -0.25) is 9.59 Å². The van der Waals surface area contributed by atoms with Gasteiger partial charge < -0.3 is 15.5 Å². The first-order valence-electron chi connectivity index (χ1n) is 5.98. The predicted molar refractivity (Wildman–Crippen MR) is 62.1 cm³/mol. The number of rotatable bonds is 1. The van der Waals surface area contributed by atoms with E-state index in [9.17, 15) is 22.8 Å². The Morgan fingerprint density at radius 2 is 1.53 bits per heavy atom. The van der Waals surface area contributed by atoms with Gasteiger partial charge >= 0.3 is 6.18 Å². The maximum atomic E-state index is 12.7. The largest absolute Gasteiger partial charge is 0.415 e. The third-order valence-electron chi connectivity index (χ3n) is 3.26. The molecular formula is C11H18F3N3O2. The summed E-state index contributed by atoms with van der Waals surface area (Å²) in [6, 6.07) is 0. The van der Waals surface area contributed by atoms with Crippen LogP contribution in [-0.2, 0) is 9.59 Å². The summed E-state index contributed by atoms with van der Waals surface area (Å²) in [5.41, 5.74) is 2.23. The van der Waals surface area contributed by atoms with Crippen LogP contribution in [0.5, 0.6) is 0 Å². The minimum Gasteiger partial charge on any atom is -0.341 e. The van der Waals surface area contributed by atoms with Gasteiger partial charge in [0.2, 0.25) is 5.91 Å².